The van der Waals surface area contributed by atoms with Gasteiger partial charge >= 0.3 is 5.97 Å². The van der Waals surface area contributed by atoms with Gasteiger partial charge in [-0.05, 0) is 17.5 Å². The van der Waals surface area contributed by atoms with Gasteiger partial charge in [0.05, 0.1) is 6.61 Å². The fraction of sp³-hybridized carbons (Fsp3) is 0.280. The summed E-state index contributed by atoms with van der Waals surface area (Å²) in [4.78, 5) is 13.5. The molecule has 3 heteroatoms. The second kappa shape index (κ2) is 9.84. The van der Waals surface area contributed by atoms with E-state index in [0.29, 0.717) is 19.4 Å². The average Bonchev–Trinajstić information content (AvgIpc) is 2.75. The van der Waals surface area contributed by atoms with E-state index in [1.807, 2.05) is 71.6 Å². The summed E-state index contributed by atoms with van der Waals surface area (Å²) in [6.45, 7) is 2.55. The van der Waals surface area contributed by atoms with Crippen LogP contribution in [0.1, 0.15) is 30.9 Å². The number of esters is 1. The van der Waals surface area contributed by atoms with Gasteiger partial charge in [0.15, 0.2) is 12.4 Å². The maximum atomic E-state index is 13.5. The highest BCUT2D eigenvalue weighted by Crippen LogP contribution is 2.24. The van der Waals surface area contributed by atoms with Crippen LogP contribution in [0.4, 0.5) is 0 Å². The number of hydrogen-bond donors (Lipinski definition) is 0. The van der Waals surface area contributed by atoms with Crippen LogP contribution in [0.15, 0.2) is 91.3 Å². The van der Waals surface area contributed by atoms with Gasteiger partial charge in [-0.25, -0.2) is 4.79 Å². The van der Waals surface area contributed by atoms with Gasteiger partial charge in [0.2, 0.25) is 0 Å². The Morgan fingerprint density at radius 1 is 0.821 bits per heavy atom. The zero-order valence-corrected chi connectivity index (χ0v) is 16.5. The predicted molar refractivity (Wildman–Crippen MR) is 111 cm³/mol. The van der Waals surface area contributed by atoms with Crippen LogP contribution in [0.25, 0.3) is 0 Å². The number of nitrogens with zero attached hydrogens (tertiary/aromatic N) is 1. The number of hydrogen-bond acceptors (Lipinski definition) is 2. The molecule has 0 N–H and O–H groups in total. The van der Waals surface area contributed by atoms with Crippen LogP contribution in [0.5, 0.6) is 0 Å². The van der Waals surface area contributed by atoms with Crippen LogP contribution in [0.3, 0.4) is 0 Å². The van der Waals surface area contributed by atoms with E-state index in [0.717, 1.165) is 24.0 Å². The van der Waals surface area contributed by atoms with E-state index in [1.165, 1.54) is 0 Å². The van der Waals surface area contributed by atoms with Gasteiger partial charge in [0, 0.05) is 25.0 Å². The molecule has 0 atom stereocenters. The molecule has 0 aliphatic heterocycles. The topological polar surface area (TPSA) is 30.2 Å². The molecule has 0 saturated heterocycles. The highest BCUT2D eigenvalue weighted by Gasteiger charge is 2.49. The van der Waals surface area contributed by atoms with Gasteiger partial charge in [0.25, 0.3) is 5.54 Å². The summed E-state index contributed by atoms with van der Waals surface area (Å²) >= 11 is 0. The number of aromatic nitrogens is 1. The molecular formula is C25H28NO2+. The third-order valence-corrected chi connectivity index (χ3v) is 5.00. The van der Waals surface area contributed by atoms with Gasteiger partial charge in [-0.2, -0.15) is 4.57 Å². The second-order valence-corrected chi connectivity index (χ2v) is 7.13. The largest absolute Gasteiger partial charge is 0.461 e. The normalized spacial score (nSPS) is 11.2. The summed E-state index contributed by atoms with van der Waals surface area (Å²) in [5.74, 6) is -0.176. The molecule has 1 heterocycles. The molecule has 0 unspecified atom stereocenters. The first-order chi connectivity index (χ1) is 13.7. The van der Waals surface area contributed by atoms with Crippen LogP contribution in [0, 0.1) is 0 Å². The van der Waals surface area contributed by atoms with E-state index >= 15 is 0 Å². The van der Waals surface area contributed by atoms with E-state index in [1.54, 1.807) is 0 Å². The average molecular weight is 375 g/mol. The van der Waals surface area contributed by atoms with Gasteiger partial charge in [0.1, 0.15) is 0 Å². The van der Waals surface area contributed by atoms with Crippen LogP contribution in [-0.4, -0.2) is 12.6 Å². The minimum absolute atomic E-state index is 0.176. The number of unbranched alkanes of at least 4 members (excludes halogenated alkanes) is 1. The fourth-order valence-corrected chi connectivity index (χ4v) is 3.49. The molecule has 0 amide bonds. The number of rotatable bonds is 9. The van der Waals surface area contributed by atoms with Crippen molar-refractivity contribution >= 4 is 5.97 Å². The Bertz CT molecular complexity index is 806. The maximum Gasteiger partial charge on any atom is 0.379 e. The highest BCUT2D eigenvalue weighted by atomic mass is 16.5. The van der Waals surface area contributed by atoms with Crippen molar-refractivity contribution in [2.45, 2.75) is 38.1 Å². The van der Waals surface area contributed by atoms with E-state index in [2.05, 4.69) is 31.2 Å². The summed E-state index contributed by atoms with van der Waals surface area (Å²) in [6.07, 6.45) is 6.94. The Kier molecular flexibility index (Phi) is 6.96. The third-order valence-electron chi connectivity index (χ3n) is 5.00. The molecule has 3 nitrogen and oxygen atoms in total. The Labute approximate surface area is 167 Å². The summed E-state index contributed by atoms with van der Waals surface area (Å²) < 4.78 is 7.80. The lowest BCUT2D eigenvalue weighted by atomic mass is 9.84. The van der Waals surface area contributed by atoms with Crippen molar-refractivity contribution in [2.75, 3.05) is 6.61 Å². The Balaban J connectivity index is 2.05. The molecule has 1 aromatic heterocycles. The van der Waals surface area contributed by atoms with Crippen molar-refractivity contribution < 1.29 is 14.1 Å². The molecule has 2 aromatic carbocycles. The fourth-order valence-electron chi connectivity index (χ4n) is 3.49. The minimum Gasteiger partial charge on any atom is -0.461 e. The quantitative estimate of drug-likeness (QED) is 0.314. The molecule has 144 valence electrons. The number of benzene rings is 2. The van der Waals surface area contributed by atoms with Crippen molar-refractivity contribution in [3.63, 3.8) is 0 Å². The molecule has 0 spiro atoms. The van der Waals surface area contributed by atoms with Crippen molar-refractivity contribution in [3.05, 3.63) is 102 Å². The van der Waals surface area contributed by atoms with Crippen LogP contribution < -0.4 is 4.57 Å². The third kappa shape index (κ3) is 4.86. The van der Waals surface area contributed by atoms with Crippen LogP contribution >= 0.6 is 0 Å². The minimum atomic E-state index is -0.836. The second-order valence-electron chi connectivity index (χ2n) is 7.13. The smallest absolute Gasteiger partial charge is 0.379 e. The first-order valence-corrected chi connectivity index (χ1v) is 9.96. The molecule has 0 aliphatic rings. The maximum absolute atomic E-state index is 13.5. The number of ether oxygens (including phenoxy) is 1. The molecule has 0 bridgehead atoms. The lowest BCUT2D eigenvalue weighted by Crippen LogP contribution is -2.64. The summed E-state index contributed by atoms with van der Waals surface area (Å²) in [5, 5.41) is 0. The zero-order chi connectivity index (χ0) is 19.7. The Morgan fingerprint density at radius 3 is 1.82 bits per heavy atom. The number of pyridine rings is 1. The molecule has 28 heavy (non-hydrogen) atoms. The standard InChI is InChI=1S/C25H28NO2/c1-2-3-19-28-24(27)25(26-17-11-6-12-18-26,20-22-13-7-4-8-14-22)21-23-15-9-5-10-16-23/h4-18H,2-3,19-21H2,1H3/q+1. The van der Waals surface area contributed by atoms with Crippen LogP contribution in [0.2, 0.25) is 0 Å². The van der Waals surface area contributed by atoms with Crippen molar-refractivity contribution in [2.24, 2.45) is 0 Å². The summed E-state index contributed by atoms with van der Waals surface area (Å²) in [7, 11) is 0. The first-order valence-electron chi connectivity index (χ1n) is 9.96. The van der Waals surface area contributed by atoms with E-state index in [4.69, 9.17) is 4.74 Å². The first kappa shape index (κ1) is 19.8. The molecule has 0 aliphatic carbocycles. The Morgan fingerprint density at radius 2 is 1.32 bits per heavy atom. The van der Waals surface area contributed by atoms with E-state index < -0.39 is 5.54 Å². The summed E-state index contributed by atoms with van der Waals surface area (Å²) in [5.41, 5.74) is 1.39. The monoisotopic (exact) mass is 374 g/mol. The number of carbonyl (C=O) groups is 1. The van der Waals surface area contributed by atoms with E-state index in [-0.39, 0.29) is 5.97 Å². The van der Waals surface area contributed by atoms with E-state index in [9.17, 15) is 4.79 Å². The zero-order valence-electron chi connectivity index (χ0n) is 16.5. The molecule has 0 fully saturated rings. The molecule has 3 aromatic rings. The van der Waals surface area contributed by atoms with Crippen molar-refractivity contribution in [3.8, 4) is 0 Å². The van der Waals surface area contributed by atoms with Gasteiger partial charge < -0.3 is 4.74 Å². The molecular weight excluding hydrogens is 346 g/mol. The summed E-state index contributed by atoms with van der Waals surface area (Å²) in [6, 6.07) is 26.2. The molecule has 0 radical (unpaired) electrons. The van der Waals surface area contributed by atoms with Crippen LogP contribution in [-0.2, 0) is 27.9 Å². The van der Waals surface area contributed by atoms with Crippen molar-refractivity contribution in [1.82, 2.24) is 0 Å². The Hall–Kier alpha value is -2.94. The van der Waals surface area contributed by atoms with Gasteiger partial charge in [-0.1, -0.05) is 80.1 Å². The van der Waals surface area contributed by atoms with Crippen molar-refractivity contribution in [1.29, 1.82) is 0 Å². The predicted octanol–water partition coefficient (Wildman–Crippen LogP) is 4.50. The lowest BCUT2D eigenvalue weighted by Gasteiger charge is -2.27. The number of carbonyl (C=O) groups excluding carboxylic acids is 1. The SMILES string of the molecule is CCCCOC(=O)C(Cc1ccccc1)(Cc1ccccc1)[n+]1ccccc1. The lowest BCUT2D eigenvalue weighted by molar-refractivity contribution is -0.750. The molecule has 0 saturated carbocycles. The van der Waals surface area contributed by atoms with Gasteiger partial charge in [-0.15, -0.1) is 0 Å². The van der Waals surface area contributed by atoms with Gasteiger partial charge in [-0.3, -0.25) is 0 Å². The highest BCUT2D eigenvalue weighted by molar-refractivity contribution is 5.77. The molecule has 3 rings (SSSR count).